The third-order valence-corrected chi connectivity index (χ3v) is 1.14. The molecule has 0 aromatic carbocycles. The van der Waals surface area contributed by atoms with Crippen molar-refractivity contribution < 1.29 is 14.3 Å². The Balaban J connectivity index is 4.33. The highest BCUT2D eigenvalue weighted by Gasteiger charge is 2.07. The van der Waals surface area contributed by atoms with Gasteiger partial charge in [0.15, 0.2) is 6.29 Å². The van der Waals surface area contributed by atoms with Gasteiger partial charge in [-0.3, -0.25) is 4.79 Å². The molecular formula is C7H11NO3. The zero-order valence-corrected chi connectivity index (χ0v) is 6.59. The fourth-order valence-electron chi connectivity index (χ4n) is 0.446. The Morgan fingerprint density at radius 1 is 1.64 bits per heavy atom. The van der Waals surface area contributed by atoms with Crippen molar-refractivity contribution in [2.45, 2.75) is 13.8 Å². The predicted molar refractivity (Wildman–Crippen MR) is 39.6 cm³/mol. The summed E-state index contributed by atoms with van der Waals surface area (Å²) in [6.45, 7) is 3.41. The molecule has 0 unspecified atom stereocenters. The summed E-state index contributed by atoms with van der Waals surface area (Å²) in [5.41, 5.74) is 5.23. The van der Waals surface area contributed by atoms with Crippen LogP contribution in [0.5, 0.6) is 0 Å². The Labute approximate surface area is 65.0 Å². The highest BCUT2D eigenvalue weighted by Crippen LogP contribution is 1.98. The van der Waals surface area contributed by atoms with Gasteiger partial charge in [-0.05, 0) is 13.8 Å². The first kappa shape index (κ1) is 9.68. The average Bonchev–Trinajstić information content (AvgIpc) is 2.02. The van der Waals surface area contributed by atoms with Gasteiger partial charge in [0.25, 0.3) is 0 Å². The number of allylic oxidation sites excluding steroid dienone is 1. The standard InChI is InChI=1S/C7H11NO3/c1-3-11-7(10)5(2)6(8)4-9/h4H,3,8H2,1-2H3. The molecule has 0 heterocycles. The van der Waals surface area contributed by atoms with Gasteiger partial charge in [-0.25, -0.2) is 4.79 Å². The first-order valence-electron chi connectivity index (χ1n) is 3.22. The smallest absolute Gasteiger partial charge is 0.335 e. The lowest BCUT2D eigenvalue weighted by molar-refractivity contribution is -0.138. The van der Waals surface area contributed by atoms with Crippen LogP contribution in [0.15, 0.2) is 11.3 Å². The molecule has 0 rings (SSSR count). The van der Waals surface area contributed by atoms with Crippen molar-refractivity contribution in [1.29, 1.82) is 0 Å². The van der Waals surface area contributed by atoms with E-state index >= 15 is 0 Å². The molecule has 0 spiro atoms. The summed E-state index contributed by atoms with van der Waals surface area (Å²) < 4.78 is 4.59. The van der Waals surface area contributed by atoms with E-state index in [-0.39, 0.29) is 17.9 Å². The Hall–Kier alpha value is -1.32. The van der Waals surface area contributed by atoms with E-state index in [4.69, 9.17) is 5.73 Å². The van der Waals surface area contributed by atoms with Crippen molar-refractivity contribution in [3.05, 3.63) is 11.3 Å². The van der Waals surface area contributed by atoms with Crippen LogP contribution >= 0.6 is 0 Å². The second kappa shape index (κ2) is 4.49. The van der Waals surface area contributed by atoms with E-state index in [1.54, 1.807) is 6.92 Å². The first-order valence-corrected chi connectivity index (χ1v) is 3.22. The molecule has 0 saturated carbocycles. The summed E-state index contributed by atoms with van der Waals surface area (Å²) in [6.07, 6.45) is 0.423. The average molecular weight is 157 g/mol. The maximum Gasteiger partial charge on any atom is 0.335 e. The first-order chi connectivity index (χ1) is 5.13. The van der Waals surface area contributed by atoms with E-state index in [2.05, 4.69) is 4.74 Å². The van der Waals surface area contributed by atoms with Gasteiger partial charge in [0.05, 0.1) is 17.9 Å². The Morgan fingerprint density at radius 2 is 2.18 bits per heavy atom. The minimum absolute atomic E-state index is 0.0801. The maximum atomic E-state index is 10.8. The van der Waals surface area contributed by atoms with Crippen LogP contribution in [-0.4, -0.2) is 18.9 Å². The highest BCUT2D eigenvalue weighted by molar-refractivity contribution is 5.94. The van der Waals surface area contributed by atoms with Crippen LogP contribution in [0.3, 0.4) is 0 Å². The molecule has 0 fully saturated rings. The Kier molecular flexibility index (Phi) is 3.95. The zero-order chi connectivity index (χ0) is 8.85. The van der Waals surface area contributed by atoms with Gasteiger partial charge in [0.1, 0.15) is 0 Å². The van der Waals surface area contributed by atoms with E-state index in [1.165, 1.54) is 6.92 Å². The van der Waals surface area contributed by atoms with Gasteiger partial charge >= 0.3 is 5.97 Å². The number of hydrogen-bond donors (Lipinski definition) is 1. The third kappa shape index (κ3) is 2.84. The minimum Gasteiger partial charge on any atom is -0.463 e. The lowest BCUT2D eigenvalue weighted by atomic mass is 10.2. The van der Waals surface area contributed by atoms with Crippen molar-refractivity contribution in [3.63, 3.8) is 0 Å². The number of nitrogens with two attached hydrogens (primary N) is 1. The molecule has 0 saturated heterocycles. The fourth-order valence-corrected chi connectivity index (χ4v) is 0.446. The number of esters is 1. The molecule has 4 heteroatoms. The van der Waals surface area contributed by atoms with Gasteiger partial charge in [-0.15, -0.1) is 0 Å². The van der Waals surface area contributed by atoms with E-state index in [0.29, 0.717) is 6.29 Å². The Morgan fingerprint density at radius 3 is 2.55 bits per heavy atom. The van der Waals surface area contributed by atoms with Crippen LogP contribution < -0.4 is 5.73 Å². The number of carbonyl (C=O) groups is 2. The molecular weight excluding hydrogens is 146 g/mol. The topological polar surface area (TPSA) is 69.4 Å². The summed E-state index contributed by atoms with van der Waals surface area (Å²) >= 11 is 0. The van der Waals surface area contributed by atoms with Crippen molar-refractivity contribution in [3.8, 4) is 0 Å². The number of rotatable bonds is 3. The molecule has 0 atom stereocenters. The molecule has 0 aliphatic rings. The minimum atomic E-state index is -0.544. The normalized spacial score (nSPS) is 11.8. The molecule has 2 N–H and O–H groups in total. The molecule has 0 aliphatic heterocycles. The summed E-state index contributed by atoms with van der Waals surface area (Å²) in [5, 5.41) is 0. The van der Waals surface area contributed by atoms with Crippen LogP contribution in [0.4, 0.5) is 0 Å². The molecule has 0 aromatic heterocycles. The lowest BCUT2D eigenvalue weighted by Gasteiger charge is -2.01. The molecule has 62 valence electrons. The van der Waals surface area contributed by atoms with Gasteiger partial charge in [-0.2, -0.15) is 0 Å². The van der Waals surface area contributed by atoms with Gasteiger partial charge < -0.3 is 10.5 Å². The van der Waals surface area contributed by atoms with Crippen LogP contribution in [0.25, 0.3) is 0 Å². The van der Waals surface area contributed by atoms with Gasteiger partial charge in [-0.1, -0.05) is 0 Å². The van der Waals surface area contributed by atoms with Crippen LogP contribution in [0.2, 0.25) is 0 Å². The SMILES string of the molecule is CCOC(=O)C(C)=C(N)C=O. The van der Waals surface area contributed by atoms with Crippen LogP contribution in [0.1, 0.15) is 13.8 Å². The maximum absolute atomic E-state index is 10.8. The third-order valence-electron chi connectivity index (χ3n) is 1.14. The largest absolute Gasteiger partial charge is 0.463 e. The van der Waals surface area contributed by atoms with Crippen molar-refractivity contribution >= 4 is 12.3 Å². The number of ether oxygens (including phenoxy) is 1. The fraction of sp³-hybridized carbons (Fsp3) is 0.429. The molecule has 0 aromatic rings. The summed E-state index contributed by atoms with van der Waals surface area (Å²) in [4.78, 5) is 20.9. The van der Waals surface area contributed by atoms with E-state index in [0.717, 1.165) is 0 Å². The zero-order valence-electron chi connectivity index (χ0n) is 6.59. The molecule has 0 bridgehead atoms. The molecule has 11 heavy (non-hydrogen) atoms. The molecule has 0 radical (unpaired) electrons. The van der Waals surface area contributed by atoms with E-state index in [1.807, 2.05) is 0 Å². The van der Waals surface area contributed by atoms with Crippen LogP contribution in [-0.2, 0) is 14.3 Å². The second-order valence-electron chi connectivity index (χ2n) is 1.92. The summed E-state index contributed by atoms with van der Waals surface area (Å²) in [7, 11) is 0. The van der Waals surface area contributed by atoms with Crippen LogP contribution in [0, 0.1) is 0 Å². The van der Waals surface area contributed by atoms with E-state index in [9.17, 15) is 9.59 Å². The molecule has 0 aliphatic carbocycles. The second-order valence-corrected chi connectivity index (χ2v) is 1.92. The lowest BCUT2D eigenvalue weighted by Crippen LogP contribution is -2.12. The van der Waals surface area contributed by atoms with Crippen molar-refractivity contribution in [2.75, 3.05) is 6.61 Å². The monoisotopic (exact) mass is 157 g/mol. The highest BCUT2D eigenvalue weighted by atomic mass is 16.5. The summed E-state index contributed by atoms with van der Waals surface area (Å²) in [6, 6.07) is 0. The quantitative estimate of drug-likeness (QED) is 0.355. The van der Waals surface area contributed by atoms with Gasteiger partial charge in [0.2, 0.25) is 0 Å². The van der Waals surface area contributed by atoms with Crippen molar-refractivity contribution in [1.82, 2.24) is 0 Å². The molecule has 0 amide bonds. The summed E-state index contributed by atoms with van der Waals surface area (Å²) in [5.74, 6) is -0.544. The van der Waals surface area contributed by atoms with Gasteiger partial charge in [0, 0.05) is 0 Å². The molecule has 4 nitrogen and oxygen atoms in total. The Bertz CT molecular complexity index is 196. The number of carbonyl (C=O) groups excluding carboxylic acids is 2. The number of aldehydes is 1. The predicted octanol–water partition coefficient (Wildman–Crippen LogP) is -0.0189. The van der Waals surface area contributed by atoms with Crippen molar-refractivity contribution in [2.24, 2.45) is 5.73 Å². The number of hydrogen-bond acceptors (Lipinski definition) is 4. The van der Waals surface area contributed by atoms with E-state index < -0.39 is 5.97 Å².